The lowest BCUT2D eigenvalue weighted by Crippen LogP contribution is -1.96. The molecule has 3 aromatic rings. The highest BCUT2D eigenvalue weighted by molar-refractivity contribution is 6.28. The average Bonchev–Trinajstić information content (AvgIpc) is 2.80. The van der Waals surface area contributed by atoms with Gasteiger partial charge in [0.05, 0.1) is 6.33 Å². The van der Waals surface area contributed by atoms with Gasteiger partial charge in [-0.1, -0.05) is 0 Å². The number of imidazole rings is 1. The SMILES string of the molecule is Oc1ccc(Nc2nc(Cl)nc3nc[nH]c23)cc1. The molecule has 0 aliphatic rings. The van der Waals surface area contributed by atoms with Crippen molar-refractivity contribution in [2.75, 3.05) is 5.32 Å². The molecule has 0 spiro atoms. The van der Waals surface area contributed by atoms with Gasteiger partial charge in [0.2, 0.25) is 5.28 Å². The Morgan fingerprint density at radius 2 is 1.94 bits per heavy atom. The van der Waals surface area contributed by atoms with Crippen molar-refractivity contribution in [2.45, 2.75) is 0 Å². The minimum absolute atomic E-state index is 0.121. The van der Waals surface area contributed by atoms with Crippen LogP contribution in [-0.4, -0.2) is 25.0 Å². The Morgan fingerprint density at radius 3 is 2.72 bits per heavy atom. The zero-order valence-electron chi connectivity index (χ0n) is 9.05. The highest BCUT2D eigenvalue weighted by Crippen LogP contribution is 2.23. The average molecular weight is 262 g/mol. The van der Waals surface area contributed by atoms with E-state index in [2.05, 4.69) is 25.3 Å². The van der Waals surface area contributed by atoms with Gasteiger partial charge in [-0.15, -0.1) is 0 Å². The van der Waals surface area contributed by atoms with Gasteiger partial charge in [0.1, 0.15) is 11.3 Å². The molecular formula is C11H8ClN5O. The number of halogens is 1. The molecule has 0 radical (unpaired) electrons. The molecular weight excluding hydrogens is 254 g/mol. The maximum atomic E-state index is 9.21. The number of fused-ring (bicyclic) bond motifs is 1. The second kappa shape index (κ2) is 4.15. The second-order valence-electron chi connectivity index (χ2n) is 3.61. The molecule has 90 valence electrons. The van der Waals surface area contributed by atoms with Crippen molar-refractivity contribution in [2.24, 2.45) is 0 Å². The van der Waals surface area contributed by atoms with Crippen molar-refractivity contribution < 1.29 is 5.11 Å². The highest BCUT2D eigenvalue weighted by Gasteiger charge is 2.08. The smallest absolute Gasteiger partial charge is 0.226 e. The lowest BCUT2D eigenvalue weighted by molar-refractivity contribution is 0.475. The molecule has 0 saturated heterocycles. The highest BCUT2D eigenvalue weighted by atomic mass is 35.5. The van der Waals surface area contributed by atoms with E-state index in [9.17, 15) is 5.11 Å². The van der Waals surface area contributed by atoms with E-state index in [0.29, 0.717) is 17.0 Å². The van der Waals surface area contributed by atoms with Crippen molar-refractivity contribution >= 4 is 34.3 Å². The topological polar surface area (TPSA) is 86.7 Å². The van der Waals surface area contributed by atoms with E-state index in [0.717, 1.165) is 5.69 Å². The molecule has 1 aromatic carbocycles. The number of hydrogen-bond donors (Lipinski definition) is 3. The van der Waals surface area contributed by atoms with Crippen LogP contribution in [0.5, 0.6) is 5.75 Å². The lowest BCUT2D eigenvalue weighted by Gasteiger charge is -2.06. The summed E-state index contributed by atoms with van der Waals surface area (Å²) in [5.74, 6) is 0.737. The van der Waals surface area contributed by atoms with Gasteiger partial charge in [0.25, 0.3) is 0 Å². The first-order valence-electron chi connectivity index (χ1n) is 5.15. The molecule has 0 amide bonds. The van der Waals surface area contributed by atoms with Crippen molar-refractivity contribution in [1.82, 2.24) is 19.9 Å². The summed E-state index contributed by atoms with van der Waals surface area (Å²) in [5, 5.41) is 12.4. The largest absolute Gasteiger partial charge is 0.508 e. The standard InChI is InChI=1S/C11H8ClN5O/c12-11-16-9-8(13-5-14-9)10(17-11)15-6-1-3-7(18)4-2-6/h1-5,18H,(H2,13,14,15,16,17). The number of rotatable bonds is 2. The van der Waals surface area contributed by atoms with E-state index in [-0.39, 0.29) is 11.0 Å². The molecule has 2 aromatic heterocycles. The zero-order chi connectivity index (χ0) is 12.5. The first-order valence-corrected chi connectivity index (χ1v) is 5.53. The Bertz CT molecular complexity index is 694. The van der Waals surface area contributed by atoms with Crippen molar-refractivity contribution in [3.05, 3.63) is 35.9 Å². The number of phenols is 1. The first kappa shape index (κ1) is 10.8. The molecule has 0 aliphatic carbocycles. The lowest BCUT2D eigenvalue weighted by atomic mass is 10.3. The summed E-state index contributed by atoms with van der Waals surface area (Å²) in [5.41, 5.74) is 1.95. The van der Waals surface area contributed by atoms with Crippen LogP contribution in [0.1, 0.15) is 0 Å². The van der Waals surface area contributed by atoms with E-state index in [4.69, 9.17) is 11.6 Å². The van der Waals surface area contributed by atoms with Crippen LogP contribution in [0.4, 0.5) is 11.5 Å². The third kappa shape index (κ3) is 1.93. The Kier molecular flexibility index (Phi) is 2.49. The molecule has 2 heterocycles. The molecule has 6 nitrogen and oxygen atoms in total. The normalized spacial score (nSPS) is 10.7. The van der Waals surface area contributed by atoms with Gasteiger partial charge in [-0.25, -0.2) is 4.98 Å². The van der Waals surface area contributed by atoms with Crippen molar-refractivity contribution in [1.29, 1.82) is 0 Å². The van der Waals surface area contributed by atoms with Gasteiger partial charge < -0.3 is 15.4 Å². The fourth-order valence-electron chi connectivity index (χ4n) is 1.58. The quantitative estimate of drug-likeness (QED) is 0.487. The van der Waals surface area contributed by atoms with Crippen LogP contribution in [0, 0.1) is 0 Å². The predicted molar refractivity (Wildman–Crippen MR) is 68.1 cm³/mol. The number of benzene rings is 1. The molecule has 0 atom stereocenters. The Labute approximate surface area is 107 Å². The fraction of sp³-hybridized carbons (Fsp3) is 0. The van der Waals surface area contributed by atoms with Crippen molar-refractivity contribution in [3.8, 4) is 5.75 Å². The molecule has 3 rings (SSSR count). The summed E-state index contributed by atoms with van der Waals surface area (Å²) in [7, 11) is 0. The van der Waals surface area contributed by atoms with E-state index >= 15 is 0 Å². The molecule has 7 heteroatoms. The molecule has 0 aliphatic heterocycles. The minimum Gasteiger partial charge on any atom is -0.508 e. The van der Waals surface area contributed by atoms with Gasteiger partial charge in [-0.05, 0) is 35.9 Å². The number of hydrogen-bond acceptors (Lipinski definition) is 5. The van der Waals surface area contributed by atoms with E-state index in [1.807, 2.05) is 0 Å². The molecule has 0 saturated carbocycles. The third-order valence-corrected chi connectivity index (χ3v) is 2.56. The molecule has 3 N–H and O–H groups in total. The number of aromatic hydroxyl groups is 1. The number of anilines is 2. The van der Waals surface area contributed by atoms with Gasteiger partial charge in [-0.2, -0.15) is 9.97 Å². The van der Waals surface area contributed by atoms with Crippen LogP contribution in [0.15, 0.2) is 30.6 Å². The van der Waals surface area contributed by atoms with Gasteiger partial charge in [0, 0.05) is 5.69 Å². The Hall–Kier alpha value is -2.34. The summed E-state index contributed by atoms with van der Waals surface area (Å²) in [6.45, 7) is 0. The third-order valence-electron chi connectivity index (χ3n) is 2.39. The van der Waals surface area contributed by atoms with Crippen LogP contribution in [0.2, 0.25) is 5.28 Å². The van der Waals surface area contributed by atoms with Crippen LogP contribution < -0.4 is 5.32 Å². The number of aromatic amines is 1. The first-order chi connectivity index (χ1) is 8.72. The molecule has 0 unspecified atom stereocenters. The minimum atomic E-state index is 0.121. The summed E-state index contributed by atoms with van der Waals surface area (Å²) >= 11 is 5.82. The number of nitrogens with zero attached hydrogens (tertiary/aromatic N) is 3. The molecule has 0 fully saturated rings. The van der Waals surface area contributed by atoms with E-state index in [1.165, 1.54) is 6.33 Å². The van der Waals surface area contributed by atoms with Crippen LogP contribution in [0.3, 0.4) is 0 Å². The zero-order valence-corrected chi connectivity index (χ0v) is 9.81. The number of nitrogens with one attached hydrogen (secondary N) is 2. The summed E-state index contributed by atoms with van der Waals surface area (Å²) < 4.78 is 0. The number of H-pyrrole nitrogens is 1. The summed E-state index contributed by atoms with van der Waals surface area (Å²) in [6, 6.07) is 6.62. The maximum absolute atomic E-state index is 9.21. The predicted octanol–water partition coefficient (Wildman–Crippen LogP) is 2.46. The number of phenolic OH excluding ortho intramolecular Hbond substituents is 1. The van der Waals surface area contributed by atoms with Gasteiger partial charge >= 0.3 is 0 Å². The Balaban J connectivity index is 2.03. The summed E-state index contributed by atoms with van der Waals surface area (Å²) in [4.78, 5) is 15.0. The van der Waals surface area contributed by atoms with E-state index < -0.39 is 0 Å². The Morgan fingerprint density at radius 1 is 1.17 bits per heavy atom. The molecule has 18 heavy (non-hydrogen) atoms. The molecule has 0 bridgehead atoms. The van der Waals surface area contributed by atoms with E-state index in [1.54, 1.807) is 24.3 Å². The monoisotopic (exact) mass is 261 g/mol. The van der Waals surface area contributed by atoms with Crippen LogP contribution >= 0.6 is 11.6 Å². The fourth-order valence-corrected chi connectivity index (χ4v) is 1.74. The van der Waals surface area contributed by atoms with Crippen LogP contribution in [0.25, 0.3) is 11.2 Å². The van der Waals surface area contributed by atoms with Crippen molar-refractivity contribution in [3.63, 3.8) is 0 Å². The van der Waals surface area contributed by atoms with Crippen LogP contribution in [-0.2, 0) is 0 Å². The summed E-state index contributed by atoms with van der Waals surface area (Å²) in [6.07, 6.45) is 1.53. The van der Waals surface area contributed by atoms with Gasteiger partial charge in [-0.3, -0.25) is 0 Å². The van der Waals surface area contributed by atoms with Gasteiger partial charge in [0.15, 0.2) is 11.5 Å². The number of aromatic nitrogens is 4. The maximum Gasteiger partial charge on any atom is 0.226 e. The second-order valence-corrected chi connectivity index (χ2v) is 3.95.